The first-order valence-electron chi connectivity index (χ1n) is 8.00. The Morgan fingerprint density at radius 3 is 2.55 bits per heavy atom. The summed E-state index contributed by atoms with van der Waals surface area (Å²) in [4.78, 5) is 28.7. The molecule has 3 rings (SSSR count). The first-order valence-corrected chi connectivity index (χ1v) is 8.00. The lowest BCUT2D eigenvalue weighted by molar-refractivity contribution is -0.133. The summed E-state index contributed by atoms with van der Waals surface area (Å²) in [5, 5.41) is 7.52. The molecular formula is C15H23N5O2. The van der Waals surface area contributed by atoms with Gasteiger partial charge in [0, 0.05) is 45.3 Å². The van der Waals surface area contributed by atoms with Gasteiger partial charge in [0.2, 0.25) is 5.91 Å². The maximum absolute atomic E-state index is 12.4. The number of hydrogen-bond acceptors (Lipinski definition) is 5. The maximum Gasteiger partial charge on any atom is 0.269 e. The molecule has 1 amide bonds. The van der Waals surface area contributed by atoms with Gasteiger partial charge in [-0.2, -0.15) is 5.10 Å². The van der Waals surface area contributed by atoms with Crippen molar-refractivity contribution in [2.75, 3.05) is 44.2 Å². The molecule has 0 radical (unpaired) electrons. The number of aromatic nitrogens is 2. The van der Waals surface area contributed by atoms with Gasteiger partial charge in [-0.15, -0.1) is 0 Å². The predicted octanol–water partition coefficient (Wildman–Crippen LogP) is -0.164. The average molecular weight is 305 g/mol. The summed E-state index contributed by atoms with van der Waals surface area (Å²) in [6.45, 7) is 6.88. The molecule has 0 unspecified atom stereocenters. The molecule has 7 nitrogen and oxygen atoms in total. The summed E-state index contributed by atoms with van der Waals surface area (Å²) in [7, 11) is 0. The van der Waals surface area contributed by atoms with Crippen molar-refractivity contribution in [1.82, 2.24) is 20.0 Å². The molecule has 0 aliphatic carbocycles. The van der Waals surface area contributed by atoms with Crippen LogP contribution in [0.15, 0.2) is 17.1 Å². The van der Waals surface area contributed by atoms with E-state index < -0.39 is 6.04 Å². The molecule has 2 aliphatic rings. The van der Waals surface area contributed by atoms with Crippen LogP contribution in [0.25, 0.3) is 0 Å². The SMILES string of the molecule is C[C@H](C(=O)N1CCCC1)n1ncc(N2CCNCC2)cc1=O. The van der Waals surface area contributed by atoms with E-state index in [1.807, 2.05) is 4.90 Å². The Bertz CT molecular complexity index is 588. The molecule has 2 saturated heterocycles. The highest BCUT2D eigenvalue weighted by atomic mass is 16.2. The van der Waals surface area contributed by atoms with E-state index in [9.17, 15) is 9.59 Å². The van der Waals surface area contributed by atoms with Crippen molar-refractivity contribution in [3.8, 4) is 0 Å². The van der Waals surface area contributed by atoms with Gasteiger partial charge in [-0.3, -0.25) is 9.59 Å². The van der Waals surface area contributed by atoms with Crippen molar-refractivity contribution in [3.05, 3.63) is 22.6 Å². The molecule has 7 heteroatoms. The van der Waals surface area contributed by atoms with Crippen LogP contribution in [0.1, 0.15) is 25.8 Å². The first kappa shape index (κ1) is 15.0. The summed E-state index contributed by atoms with van der Waals surface area (Å²) in [5.74, 6) is -0.0120. The van der Waals surface area contributed by atoms with E-state index in [2.05, 4.69) is 15.3 Å². The number of nitrogens with one attached hydrogen (secondary N) is 1. The van der Waals surface area contributed by atoms with Gasteiger partial charge < -0.3 is 15.1 Å². The zero-order chi connectivity index (χ0) is 15.5. The van der Waals surface area contributed by atoms with Gasteiger partial charge in [0.1, 0.15) is 6.04 Å². The third-order valence-electron chi connectivity index (χ3n) is 4.44. The molecule has 1 N–H and O–H groups in total. The molecule has 0 bridgehead atoms. The molecule has 120 valence electrons. The first-order chi connectivity index (χ1) is 10.7. The average Bonchev–Trinajstić information content (AvgIpc) is 3.09. The zero-order valence-corrected chi connectivity index (χ0v) is 13.0. The number of anilines is 1. The maximum atomic E-state index is 12.4. The van der Waals surface area contributed by atoms with Gasteiger partial charge in [0.15, 0.2) is 0 Å². The van der Waals surface area contributed by atoms with E-state index in [-0.39, 0.29) is 11.5 Å². The van der Waals surface area contributed by atoms with Crippen LogP contribution in [0.4, 0.5) is 5.69 Å². The van der Waals surface area contributed by atoms with Crippen LogP contribution in [0.3, 0.4) is 0 Å². The Morgan fingerprint density at radius 1 is 1.23 bits per heavy atom. The van der Waals surface area contributed by atoms with Crippen molar-refractivity contribution in [2.45, 2.75) is 25.8 Å². The standard InChI is InChI=1S/C15H23N5O2/c1-12(15(22)19-6-2-3-7-19)20-14(21)10-13(11-17-20)18-8-4-16-5-9-18/h10-12,16H,2-9H2,1H3/t12-/m1/s1. The summed E-state index contributed by atoms with van der Waals surface area (Å²) >= 11 is 0. The minimum Gasteiger partial charge on any atom is -0.368 e. The molecule has 22 heavy (non-hydrogen) atoms. The second-order valence-electron chi connectivity index (χ2n) is 5.94. The predicted molar refractivity (Wildman–Crippen MR) is 84.1 cm³/mol. The number of rotatable bonds is 3. The highest BCUT2D eigenvalue weighted by Crippen LogP contribution is 2.15. The van der Waals surface area contributed by atoms with E-state index in [4.69, 9.17) is 0 Å². The monoisotopic (exact) mass is 305 g/mol. The molecule has 0 saturated carbocycles. The number of nitrogens with zero attached hydrogens (tertiary/aromatic N) is 4. The van der Waals surface area contributed by atoms with Gasteiger partial charge >= 0.3 is 0 Å². The number of piperazine rings is 1. The van der Waals surface area contributed by atoms with Gasteiger partial charge in [-0.1, -0.05) is 0 Å². The van der Waals surface area contributed by atoms with Gasteiger partial charge in [0.25, 0.3) is 5.56 Å². The van der Waals surface area contributed by atoms with Crippen LogP contribution in [0.5, 0.6) is 0 Å². The van der Waals surface area contributed by atoms with E-state index in [0.717, 1.165) is 57.8 Å². The lowest BCUT2D eigenvalue weighted by Gasteiger charge is -2.29. The summed E-state index contributed by atoms with van der Waals surface area (Å²) in [6.07, 6.45) is 3.78. The Morgan fingerprint density at radius 2 is 1.91 bits per heavy atom. The van der Waals surface area contributed by atoms with Crippen molar-refractivity contribution in [1.29, 1.82) is 0 Å². The minimum atomic E-state index is -0.539. The number of carbonyl (C=O) groups excluding carboxylic acids is 1. The van der Waals surface area contributed by atoms with Crippen LogP contribution in [0, 0.1) is 0 Å². The molecular weight excluding hydrogens is 282 g/mol. The minimum absolute atomic E-state index is 0.0120. The lowest BCUT2D eigenvalue weighted by Crippen LogP contribution is -2.44. The van der Waals surface area contributed by atoms with Crippen LogP contribution in [-0.4, -0.2) is 59.9 Å². The van der Waals surface area contributed by atoms with E-state index in [1.54, 1.807) is 19.2 Å². The molecule has 3 heterocycles. The number of likely N-dealkylation sites (tertiary alicyclic amines) is 1. The quantitative estimate of drug-likeness (QED) is 0.840. The molecule has 1 atom stereocenters. The van der Waals surface area contributed by atoms with Crippen molar-refractivity contribution in [2.24, 2.45) is 0 Å². The third-order valence-corrected chi connectivity index (χ3v) is 4.44. The van der Waals surface area contributed by atoms with Gasteiger partial charge in [0.05, 0.1) is 11.9 Å². The second-order valence-corrected chi connectivity index (χ2v) is 5.94. The van der Waals surface area contributed by atoms with Crippen LogP contribution >= 0.6 is 0 Å². The fourth-order valence-corrected chi connectivity index (χ4v) is 3.10. The Labute approximate surface area is 129 Å². The topological polar surface area (TPSA) is 70.5 Å². The van der Waals surface area contributed by atoms with E-state index >= 15 is 0 Å². The van der Waals surface area contributed by atoms with Crippen molar-refractivity contribution >= 4 is 11.6 Å². The summed E-state index contributed by atoms with van der Waals surface area (Å²) in [5.41, 5.74) is 0.625. The van der Waals surface area contributed by atoms with E-state index in [0.29, 0.717) is 0 Å². The van der Waals surface area contributed by atoms with Gasteiger partial charge in [-0.05, 0) is 19.8 Å². The van der Waals surface area contributed by atoms with Crippen LogP contribution in [-0.2, 0) is 4.79 Å². The molecule has 0 aromatic carbocycles. The largest absolute Gasteiger partial charge is 0.368 e. The van der Waals surface area contributed by atoms with Crippen LogP contribution in [0.2, 0.25) is 0 Å². The lowest BCUT2D eigenvalue weighted by atomic mass is 10.3. The highest BCUT2D eigenvalue weighted by Gasteiger charge is 2.26. The normalized spacial score (nSPS) is 20.2. The Kier molecular flexibility index (Phi) is 4.42. The fraction of sp³-hybridized carbons (Fsp3) is 0.667. The highest BCUT2D eigenvalue weighted by molar-refractivity contribution is 5.80. The van der Waals surface area contributed by atoms with Crippen molar-refractivity contribution < 1.29 is 4.79 Å². The Hall–Kier alpha value is -1.89. The molecule has 2 fully saturated rings. The van der Waals surface area contributed by atoms with Crippen molar-refractivity contribution in [3.63, 3.8) is 0 Å². The summed E-state index contributed by atoms with van der Waals surface area (Å²) < 4.78 is 1.30. The summed E-state index contributed by atoms with van der Waals surface area (Å²) in [6, 6.07) is 1.05. The number of amides is 1. The van der Waals surface area contributed by atoms with Crippen LogP contribution < -0.4 is 15.8 Å². The van der Waals surface area contributed by atoms with Gasteiger partial charge in [-0.25, -0.2) is 4.68 Å². The second kappa shape index (κ2) is 6.48. The smallest absolute Gasteiger partial charge is 0.269 e. The molecule has 1 aromatic rings. The van der Waals surface area contributed by atoms with E-state index in [1.165, 1.54) is 4.68 Å². The zero-order valence-electron chi connectivity index (χ0n) is 13.0. The number of carbonyl (C=O) groups is 1. The third kappa shape index (κ3) is 2.99. The Balaban J connectivity index is 1.76. The molecule has 0 spiro atoms. The fourth-order valence-electron chi connectivity index (χ4n) is 3.10. The number of hydrogen-bond donors (Lipinski definition) is 1. The molecule has 1 aromatic heterocycles. The molecule has 2 aliphatic heterocycles.